The van der Waals surface area contributed by atoms with Crippen LogP contribution in [-0.2, 0) is 9.59 Å². The second kappa shape index (κ2) is 9.13. The molecule has 0 saturated carbocycles. The number of carbonyl (C=O) groups is 2. The van der Waals surface area contributed by atoms with Crippen molar-refractivity contribution in [2.75, 3.05) is 13.6 Å². The Morgan fingerprint density at radius 2 is 1.62 bits per heavy atom. The van der Waals surface area contributed by atoms with E-state index in [1.807, 2.05) is 60.7 Å². The number of hydrogen-bond acceptors (Lipinski definition) is 3. The summed E-state index contributed by atoms with van der Waals surface area (Å²) in [4.78, 5) is 26.2. The summed E-state index contributed by atoms with van der Waals surface area (Å²) in [5, 5.41) is 8.40. The highest BCUT2D eigenvalue weighted by molar-refractivity contribution is 8.00. The third kappa shape index (κ3) is 5.42. The Balaban J connectivity index is 2.12. The highest BCUT2D eigenvalue weighted by Crippen LogP contribution is 2.36. The molecule has 0 aliphatic carbocycles. The molecule has 0 saturated heterocycles. The zero-order valence-corrected chi connectivity index (χ0v) is 14.4. The largest absolute Gasteiger partial charge is 0.481 e. The predicted molar refractivity (Wildman–Crippen MR) is 96.0 cm³/mol. The molecule has 0 radical (unpaired) electrons. The van der Waals surface area contributed by atoms with Gasteiger partial charge in [0.15, 0.2) is 0 Å². The van der Waals surface area contributed by atoms with Crippen LogP contribution < -0.4 is 0 Å². The molecule has 4 nitrogen and oxygen atoms in total. The fourth-order valence-electron chi connectivity index (χ4n) is 2.30. The molecule has 0 aromatic heterocycles. The smallest absolute Gasteiger partial charge is 0.303 e. The van der Waals surface area contributed by atoms with Gasteiger partial charge in [0.05, 0.1) is 0 Å². The Kier molecular flexibility index (Phi) is 6.88. The minimum Gasteiger partial charge on any atom is -0.481 e. The maximum absolute atomic E-state index is 12.9. The van der Waals surface area contributed by atoms with Gasteiger partial charge in [-0.3, -0.25) is 9.59 Å². The lowest BCUT2D eigenvalue weighted by Gasteiger charge is -2.24. The number of thioether (sulfide) groups is 1. The molecule has 24 heavy (non-hydrogen) atoms. The molecule has 126 valence electrons. The molecule has 0 bridgehead atoms. The standard InChI is InChI=1S/C19H21NO3S/c1-20(14-8-13-17(21)22)19(23)18(15-9-4-2-5-10-15)24-16-11-6-3-7-12-16/h2-7,9-12,18H,8,13-14H2,1H3,(H,21,22). The summed E-state index contributed by atoms with van der Waals surface area (Å²) >= 11 is 1.51. The van der Waals surface area contributed by atoms with Crippen molar-refractivity contribution < 1.29 is 14.7 Å². The van der Waals surface area contributed by atoms with E-state index < -0.39 is 5.97 Å². The lowest BCUT2D eigenvalue weighted by atomic mass is 10.1. The maximum atomic E-state index is 12.9. The first-order chi connectivity index (χ1) is 11.6. The quantitative estimate of drug-likeness (QED) is 0.740. The van der Waals surface area contributed by atoms with Crippen LogP contribution in [0.1, 0.15) is 23.7 Å². The Bertz CT molecular complexity index is 661. The molecule has 2 aromatic rings. The number of aliphatic carboxylic acids is 1. The van der Waals surface area contributed by atoms with Gasteiger partial charge in [0.1, 0.15) is 5.25 Å². The van der Waals surface area contributed by atoms with Crippen LogP contribution in [0.25, 0.3) is 0 Å². The summed E-state index contributed by atoms with van der Waals surface area (Å²) in [6.45, 7) is 0.434. The monoisotopic (exact) mass is 343 g/mol. The average Bonchev–Trinajstić information content (AvgIpc) is 2.60. The van der Waals surface area contributed by atoms with Crippen LogP contribution in [0.15, 0.2) is 65.6 Å². The van der Waals surface area contributed by atoms with E-state index in [4.69, 9.17) is 5.11 Å². The van der Waals surface area contributed by atoms with Crippen molar-refractivity contribution >= 4 is 23.6 Å². The van der Waals surface area contributed by atoms with Crippen LogP contribution in [0, 0.1) is 0 Å². The molecule has 1 amide bonds. The molecule has 0 spiro atoms. The molecule has 1 N–H and O–H groups in total. The lowest BCUT2D eigenvalue weighted by Crippen LogP contribution is -2.31. The highest BCUT2D eigenvalue weighted by atomic mass is 32.2. The van der Waals surface area contributed by atoms with E-state index in [1.165, 1.54) is 11.8 Å². The SMILES string of the molecule is CN(CCCC(=O)O)C(=O)C(Sc1ccccc1)c1ccccc1. The van der Waals surface area contributed by atoms with Gasteiger partial charge >= 0.3 is 5.97 Å². The normalized spacial score (nSPS) is 11.7. The number of rotatable bonds is 8. The molecular formula is C19H21NO3S. The van der Waals surface area contributed by atoms with Gasteiger partial charge in [-0.05, 0) is 24.1 Å². The van der Waals surface area contributed by atoms with E-state index in [0.717, 1.165) is 10.5 Å². The Labute approximate surface area is 146 Å². The van der Waals surface area contributed by atoms with Crippen molar-refractivity contribution in [3.8, 4) is 0 Å². The van der Waals surface area contributed by atoms with Gasteiger partial charge in [0.25, 0.3) is 0 Å². The number of benzene rings is 2. The van der Waals surface area contributed by atoms with Gasteiger partial charge < -0.3 is 10.0 Å². The van der Waals surface area contributed by atoms with E-state index in [9.17, 15) is 9.59 Å². The van der Waals surface area contributed by atoms with Crippen LogP contribution >= 0.6 is 11.8 Å². The predicted octanol–water partition coefficient (Wildman–Crippen LogP) is 3.84. The molecule has 0 aliphatic heterocycles. The summed E-state index contributed by atoms with van der Waals surface area (Å²) in [5.74, 6) is -0.852. The van der Waals surface area contributed by atoms with Crippen molar-refractivity contribution in [2.24, 2.45) is 0 Å². The number of carboxylic acids is 1. The molecule has 5 heteroatoms. The molecular weight excluding hydrogens is 322 g/mol. The Morgan fingerprint density at radius 1 is 1.04 bits per heavy atom. The minimum absolute atomic E-state index is 0.0135. The molecule has 0 aliphatic rings. The molecule has 0 heterocycles. The van der Waals surface area contributed by atoms with Crippen molar-refractivity contribution in [3.05, 3.63) is 66.2 Å². The minimum atomic E-state index is -0.839. The first-order valence-corrected chi connectivity index (χ1v) is 8.69. The Hall–Kier alpha value is -2.27. The zero-order valence-electron chi connectivity index (χ0n) is 13.6. The number of carboxylic acid groups (broad SMARTS) is 1. The van der Waals surface area contributed by atoms with E-state index in [2.05, 4.69) is 0 Å². The molecule has 2 aromatic carbocycles. The van der Waals surface area contributed by atoms with Crippen LogP contribution in [0.5, 0.6) is 0 Å². The van der Waals surface area contributed by atoms with E-state index in [0.29, 0.717) is 13.0 Å². The van der Waals surface area contributed by atoms with Gasteiger partial charge in [-0.25, -0.2) is 0 Å². The van der Waals surface area contributed by atoms with Gasteiger partial charge in [-0.15, -0.1) is 11.8 Å². The number of carbonyl (C=O) groups excluding carboxylic acids is 1. The molecule has 1 atom stereocenters. The van der Waals surface area contributed by atoms with Crippen molar-refractivity contribution in [3.63, 3.8) is 0 Å². The van der Waals surface area contributed by atoms with E-state index in [-0.39, 0.29) is 17.6 Å². The first kappa shape index (κ1) is 18.1. The van der Waals surface area contributed by atoms with Crippen LogP contribution in [0.2, 0.25) is 0 Å². The van der Waals surface area contributed by atoms with Gasteiger partial charge in [0, 0.05) is 24.9 Å². The third-order valence-electron chi connectivity index (χ3n) is 3.58. The van der Waals surface area contributed by atoms with Crippen LogP contribution in [0.4, 0.5) is 0 Å². The summed E-state index contributed by atoms with van der Waals surface area (Å²) in [7, 11) is 1.73. The summed E-state index contributed by atoms with van der Waals surface area (Å²) < 4.78 is 0. The summed E-state index contributed by atoms with van der Waals surface area (Å²) in [6, 6.07) is 19.5. The van der Waals surface area contributed by atoms with Crippen molar-refractivity contribution in [2.45, 2.75) is 23.0 Å². The molecule has 2 rings (SSSR count). The third-order valence-corrected chi connectivity index (χ3v) is 4.84. The molecule has 1 unspecified atom stereocenters. The number of likely N-dealkylation sites (N-methyl/N-ethyl adjacent to an activating group) is 1. The van der Waals surface area contributed by atoms with Crippen molar-refractivity contribution in [1.82, 2.24) is 4.90 Å². The lowest BCUT2D eigenvalue weighted by molar-refractivity contribution is -0.138. The number of nitrogens with zero attached hydrogens (tertiary/aromatic N) is 1. The summed E-state index contributed by atoms with van der Waals surface area (Å²) in [6.07, 6.45) is 0.522. The summed E-state index contributed by atoms with van der Waals surface area (Å²) in [5.41, 5.74) is 0.946. The second-order valence-electron chi connectivity index (χ2n) is 5.48. The second-order valence-corrected chi connectivity index (χ2v) is 6.66. The van der Waals surface area contributed by atoms with Crippen LogP contribution in [-0.4, -0.2) is 35.5 Å². The number of amides is 1. The van der Waals surface area contributed by atoms with E-state index in [1.54, 1.807) is 11.9 Å². The van der Waals surface area contributed by atoms with Gasteiger partial charge in [-0.1, -0.05) is 48.5 Å². The van der Waals surface area contributed by atoms with E-state index >= 15 is 0 Å². The molecule has 0 fully saturated rings. The first-order valence-electron chi connectivity index (χ1n) is 7.81. The van der Waals surface area contributed by atoms with Crippen LogP contribution in [0.3, 0.4) is 0 Å². The number of hydrogen-bond donors (Lipinski definition) is 1. The average molecular weight is 343 g/mol. The van der Waals surface area contributed by atoms with Gasteiger partial charge in [-0.2, -0.15) is 0 Å². The Morgan fingerprint density at radius 3 is 2.21 bits per heavy atom. The maximum Gasteiger partial charge on any atom is 0.303 e. The topological polar surface area (TPSA) is 57.6 Å². The fourth-order valence-corrected chi connectivity index (χ4v) is 3.46. The zero-order chi connectivity index (χ0) is 17.4. The van der Waals surface area contributed by atoms with Gasteiger partial charge in [0.2, 0.25) is 5.91 Å². The van der Waals surface area contributed by atoms with Crippen molar-refractivity contribution in [1.29, 1.82) is 0 Å². The highest BCUT2D eigenvalue weighted by Gasteiger charge is 2.25. The fraction of sp³-hybridized carbons (Fsp3) is 0.263.